The van der Waals surface area contributed by atoms with Crippen LogP contribution in [0.1, 0.15) is 26.2 Å². The third kappa shape index (κ3) is 2.32. The van der Waals surface area contributed by atoms with Crippen LogP contribution in [0.4, 0.5) is 0 Å². The van der Waals surface area contributed by atoms with Gasteiger partial charge in [-0.15, -0.1) is 0 Å². The minimum absolute atomic E-state index is 0.477. The molecule has 2 saturated heterocycles. The van der Waals surface area contributed by atoms with Crippen LogP contribution in [0.3, 0.4) is 0 Å². The van der Waals surface area contributed by atoms with Gasteiger partial charge in [0, 0.05) is 12.0 Å². The van der Waals surface area contributed by atoms with Crippen LogP contribution >= 0.6 is 0 Å². The van der Waals surface area contributed by atoms with Crippen molar-refractivity contribution < 1.29 is 14.6 Å². The largest absolute Gasteiger partial charge is 0.463 e. The predicted molar refractivity (Wildman–Crippen MR) is 55.3 cm³/mol. The normalized spacial score (nSPS) is 32.7. The molecule has 2 fully saturated rings. The van der Waals surface area contributed by atoms with Crippen LogP contribution in [0.5, 0.6) is 0 Å². The van der Waals surface area contributed by atoms with E-state index in [9.17, 15) is 4.79 Å². The highest BCUT2D eigenvalue weighted by Gasteiger charge is 2.37. The maximum absolute atomic E-state index is 11.1. The predicted octanol–water partition coefficient (Wildman–Crippen LogP) is 0.395. The van der Waals surface area contributed by atoms with Crippen LogP contribution in [-0.2, 0) is 9.53 Å². The molecule has 15 heavy (non-hydrogen) atoms. The van der Waals surface area contributed by atoms with Gasteiger partial charge in [0.15, 0.2) is 0 Å². The smallest absolute Gasteiger partial charge is 0.334 e. The molecule has 2 heterocycles. The molecule has 1 N–H and O–H groups in total. The summed E-state index contributed by atoms with van der Waals surface area (Å²) in [6, 6.07) is 0.617. The Morgan fingerprint density at radius 1 is 1.53 bits per heavy atom. The average Bonchev–Trinajstić information content (AvgIpc) is 2.76. The Hall–Kier alpha value is -0.610. The number of aliphatic hydroxyl groups is 1. The van der Waals surface area contributed by atoms with Crippen molar-refractivity contribution in [3.63, 3.8) is 0 Å². The monoisotopic (exact) mass is 213 g/mol. The second-order valence-electron chi connectivity index (χ2n) is 4.60. The molecular formula is C11H19NO3. The zero-order valence-electron chi connectivity index (χ0n) is 9.19. The lowest BCUT2D eigenvalue weighted by Gasteiger charge is -2.20. The summed E-state index contributed by atoms with van der Waals surface area (Å²) < 4.78 is 5.08. The molecule has 4 heteroatoms. The molecule has 4 nitrogen and oxygen atoms in total. The first kappa shape index (κ1) is 10.9. The molecule has 0 aliphatic carbocycles. The van der Waals surface area contributed by atoms with E-state index in [0.29, 0.717) is 18.6 Å². The zero-order valence-corrected chi connectivity index (χ0v) is 9.19. The van der Waals surface area contributed by atoms with Gasteiger partial charge in [-0.2, -0.15) is 0 Å². The van der Waals surface area contributed by atoms with E-state index in [-0.39, 0.29) is 0 Å². The summed E-state index contributed by atoms with van der Waals surface area (Å²) in [7, 11) is 0. The van der Waals surface area contributed by atoms with Gasteiger partial charge in [-0.1, -0.05) is 0 Å². The Labute approximate surface area is 90.2 Å². The molecule has 0 spiro atoms. The van der Waals surface area contributed by atoms with E-state index in [1.54, 1.807) is 0 Å². The van der Waals surface area contributed by atoms with E-state index >= 15 is 0 Å². The fraction of sp³-hybridized carbons (Fsp3) is 0.909. The van der Waals surface area contributed by atoms with Gasteiger partial charge in [-0.05, 0) is 39.3 Å². The van der Waals surface area contributed by atoms with E-state index in [2.05, 4.69) is 4.90 Å². The highest BCUT2D eigenvalue weighted by molar-refractivity contribution is 5.73. The minimum Gasteiger partial charge on any atom is -0.463 e. The minimum atomic E-state index is -0.994. The topological polar surface area (TPSA) is 49.8 Å². The fourth-order valence-corrected chi connectivity index (χ4v) is 2.69. The first-order valence-electron chi connectivity index (χ1n) is 5.77. The number of hydrogen-bond acceptors (Lipinski definition) is 4. The molecule has 0 bridgehead atoms. The maximum Gasteiger partial charge on any atom is 0.334 e. The van der Waals surface area contributed by atoms with Gasteiger partial charge in [-0.3, -0.25) is 4.90 Å². The van der Waals surface area contributed by atoms with Gasteiger partial charge in [0.1, 0.15) is 6.10 Å². The van der Waals surface area contributed by atoms with Crippen LogP contribution in [0.15, 0.2) is 0 Å². The van der Waals surface area contributed by atoms with Crippen molar-refractivity contribution in [1.82, 2.24) is 4.90 Å². The van der Waals surface area contributed by atoms with Gasteiger partial charge in [-0.25, -0.2) is 4.79 Å². The van der Waals surface area contributed by atoms with Crippen molar-refractivity contribution in [1.29, 1.82) is 0 Å². The van der Waals surface area contributed by atoms with Gasteiger partial charge in [0.2, 0.25) is 0 Å². The number of hydrogen-bond donors (Lipinski definition) is 1. The number of fused-ring (bicyclic) bond motifs is 1. The van der Waals surface area contributed by atoms with Crippen molar-refractivity contribution in [2.24, 2.45) is 5.92 Å². The van der Waals surface area contributed by atoms with Crippen molar-refractivity contribution in [2.45, 2.75) is 38.3 Å². The molecule has 0 aromatic carbocycles. The first-order chi connectivity index (χ1) is 7.18. The second-order valence-corrected chi connectivity index (χ2v) is 4.60. The van der Waals surface area contributed by atoms with Gasteiger partial charge >= 0.3 is 5.97 Å². The lowest BCUT2D eigenvalue weighted by atomic mass is 9.99. The molecule has 0 aromatic heterocycles. The Morgan fingerprint density at radius 2 is 2.33 bits per heavy atom. The number of carbonyl (C=O) groups excluding carboxylic acids is 1. The average molecular weight is 213 g/mol. The number of ether oxygens (including phenoxy) is 1. The number of rotatable bonds is 3. The summed E-state index contributed by atoms with van der Waals surface area (Å²) in [5, 5.41) is 9.00. The molecular weight excluding hydrogens is 194 g/mol. The summed E-state index contributed by atoms with van der Waals surface area (Å²) in [5.41, 5.74) is 0. The molecule has 0 saturated carbocycles. The standard InChI is InChI=1S/C11H19NO3/c1-8(13)11(14)15-7-9-4-6-12-5-2-3-10(9)12/h8-10,13H,2-7H2,1H3/t8?,9-,10-/m0/s1. The lowest BCUT2D eigenvalue weighted by molar-refractivity contribution is -0.154. The van der Waals surface area contributed by atoms with Crippen molar-refractivity contribution >= 4 is 5.97 Å². The Bertz CT molecular complexity index is 242. The molecule has 2 aliphatic heterocycles. The summed E-state index contributed by atoms with van der Waals surface area (Å²) in [6.07, 6.45) is 2.63. The number of esters is 1. The first-order valence-corrected chi connectivity index (χ1v) is 5.77. The van der Waals surface area contributed by atoms with Crippen LogP contribution in [-0.4, -0.2) is 47.8 Å². The summed E-state index contributed by atoms with van der Waals surface area (Å²) in [6.45, 7) is 4.26. The lowest BCUT2D eigenvalue weighted by Crippen LogP contribution is -2.30. The van der Waals surface area contributed by atoms with E-state index in [4.69, 9.17) is 9.84 Å². The molecule has 0 radical (unpaired) electrons. The zero-order chi connectivity index (χ0) is 10.8. The van der Waals surface area contributed by atoms with Crippen LogP contribution < -0.4 is 0 Å². The van der Waals surface area contributed by atoms with Crippen LogP contribution in [0.2, 0.25) is 0 Å². The number of aliphatic hydroxyl groups excluding tert-OH is 1. The fourth-order valence-electron chi connectivity index (χ4n) is 2.69. The highest BCUT2D eigenvalue weighted by atomic mass is 16.5. The maximum atomic E-state index is 11.1. The third-order valence-corrected chi connectivity index (χ3v) is 3.53. The van der Waals surface area contributed by atoms with E-state index in [1.165, 1.54) is 26.3 Å². The molecule has 1 unspecified atom stereocenters. The Balaban J connectivity index is 1.78. The summed E-state index contributed by atoms with van der Waals surface area (Å²) in [5.74, 6) is -0.0124. The SMILES string of the molecule is CC(O)C(=O)OC[C@@H]1CCN2CCC[C@@H]12. The molecule has 0 aromatic rings. The van der Waals surface area contributed by atoms with Crippen LogP contribution in [0, 0.1) is 5.92 Å². The van der Waals surface area contributed by atoms with E-state index in [1.807, 2.05) is 0 Å². The van der Waals surface area contributed by atoms with Crippen molar-refractivity contribution in [3.8, 4) is 0 Å². The van der Waals surface area contributed by atoms with E-state index < -0.39 is 12.1 Å². The van der Waals surface area contributed by atoms with Gasteiger partial charge in [0.25, 0.3) is 0 Å². The van der Waals surface area contributed by atoms with Gasteiger partial charge in [0.05, 0.1) is 6.61 Å². The molecule has 2 rings (SSSR count). The molecule has 2 aliphatic rings. The number of carbonyl (C=O) groups is 1. The Morgan fingerprint density at radius 3 is 3.07 bits per heavy atom. The summed E-state index contributed by atoms with van der Waals surface area (Å²) in [4.78, 5) is 13.6. The second kappa shape index (κ2) is 4.49. The molecule has 3 atom stereocenters. The number of nitrogens with zero attached hydrogens (tertiary/aromatic N) is 1. The highest BCUT2D eigenvalue weighted by Crippen LogP contribution is 2.32. The van der Waals surface area contributed by atoms with Crippen LogP contribution in [0.25, 0.3) is 0 Å². The summed E-state index contributed by atoms with van der Waals surface area (Å²) >= 11 is 0. The van der Waals surface area contributed by atoms with Crippen molar-refractivity contribution in [3.05, 3.63) is 0 Å². The Kier molecular flexibility index (Phi) is 3.26. The molecule has 86 valence electrons. The molecule has 0 amide bonds. The van der Waals surface area contributed by atoms with E-state index in [0.717, 1.165) is 13.0 Å². The third-order valence-electron chi connectivity index (χ3n) is 3.53. The quantitative estimate of drug-likeness (QED) is 0.689. The van der Waals surface area contributed by atoms with Gasteiger partial charge < -0.3 is 9.84 Å². The van der Waals surface area contributed by atoms with Crippen molar-refractivity contribution in [2.75, 3.05) is 19.7 Å².